The Hall–Kier alpha value is -2.33. The molecule has 134 valence electrons. The van der Waals surface area contributed by atoms with Gasteiger partial charge in [-0.05, 0) is 12.8 Å². The molecule has 2 fully saturated rings. The zero-order valence-electron chi connectivity index (χ0n) is 12.7. The number of halogens is 3. The molecular weight excluding hydrogens is 333 g/mol. The summed E-state index contributed by atoms with van der Waals surface area (Å²) in [4.78, 5) is 47.8. The zero-order valence-corrected chi connectivity index (χ0v) is 12.7. The Bertz CT molecular complexity index is 552. The minimum Gasteiger partial charge on any atom is -0.341 e. The first kappa shape index (κ1) is 18.0. The Balaban J connectivity index is 1.82. The second-order valence-electron chi connectivity index (χ2n) is 5.58. The summed E-state index contributed by atoms with van der Waals surface area (Å²) in [5, 5.41) is 4.41. The van der Waals surface area contributed by atoms with Crippen molar-refractivity contribution in [3.8, 4) is 0 Å². The molecule has 0 radical (unpaired) electrons. The van der Waals surface area contributed by atoms with E-state index in [9.17, 15) is 32.3 Å². The summed E-state index contributed by atoms with van der Waals surface area (Å²) in [7, 11) is 0. The third-order valence-corrected chi connectivity index (χ3v) is 3.88. The fourth-order valence-corrected chi connectivity index (χ4v) is 2.64. The van der Waals surface area contributed by atoms with Crippen molar-refractivity contribution in [2.75, 3.05) is 26.2 Å². The summed E-state index contributed by atoms with van der Waals surface area (Å²) in [6.07, 6.45) is -4.59. The lowest BCUT2D eigenvalue weighted by molar-refractivity contribution is -0.185. The number of hydrogen-bond acceptors (Lipinski definition) is 4. The Kier molecular flexibility index (Phi) is 5.30. The molecule has 8 nitrogen and oxygen atoms in total. The van der Waals surface area contributed by atoms with Gasteiger partial charge in [-0.3, -0.25) is 19.7 Å². The Morgan fingerprint density at radius 2 is 1.71 bits per heavy atom. The van der Waals surface area contributed by atoms with Gasteiger partial charge in [-0.2, -0.15) is 13.2 Å². The molecule has 1 atom stereocenters. The van der Waals surface area contributed by atoms with Crippen molar-refractivity contribution in [3.05, 3.63) is 0 Å². The van der Waals surface area contributed by atoms with Gasteiger partial charge in [-0.15, -0.1) is 0 Å². The maximum absolute atomic E-state index is 12.4. The van der Waals surface area contributed by atoms with Crippen molar-refractivity contribution < 1.29 is 32.3 Å². The molecule has 11 heteroatoms. The SMILES string of the molecule is O=C1NC(=O)[C@H](CCC(=O)N2CCCN(C(=O)C(F)(F)F)CC2)N1. The topological polar surface area (TPSA) is 98.8 Å². The molecule has 0 bridgehead atoms. The van der Waals surface area contributed by atoms with Crippen LogP contribution in [0.5, 0.6) is 0 Å². The number of carbonyl (C=O) groups excluding carboxylic acids is 4. The van der Waals surface area contributed by atoms with Crippen molar-refractivity contribution in [1.29, 1.82) is 0 Å². The van der Waals surface area contributed by atoms with Gasteiger partial charge in [0.25, 0.3) is 5.91 Å². The van der Waals surface area contributed by atoms with Crippen LogP contribution >= 0.6 is 0 Å². The van der Waals surface area contributed by atoms with E-state index < -0.39 is 30.1 Å². The first-order chi connectivity index (χ1) is 11.2. The van der Waals surface area contributed by atoms with Gasteiger partial charge in [0.05, 0.1) is 0 Å². The third-order valence-electron chi connectivity index (χ3n) is 3.88. The summed E-state index contributed by atoms with van der Waals surface area (Å²) in [6.45, 7) is -0.0124. The van der Waals surface area contributed by atoms with E-state index in [0.717, 1.165) is 0 Å². The smallest absolute Gasteiger partial charge is 0.341 e. The number of carbonyl (C=O) groups is 4. The monoisotopic (exact) mass is 350 g/mol. The van der Waals surface area contributed by atoms with E-state index in [-0.39, 0.29) is 51.3 Å². The highest BCUT2D eigenvalue weighted by atomic mass is 19.4. The predicted octanol–water partition coefficient (Wildman–Crippen LogP) is -0.402. The van der Waals surface area contributed by atoms with E-state index in [1.54, 1.807) is 0 Å². The van der Waals surface area contributed by atoms with Gasteiger partial charge in [-0.25, -0.2) is 4.79 Å². The first-order valence-electron chi connectivity index (χ1n) is 7.43. The lowest BCUT2D eigenvalue weighted by Gasteiger charge is -2.23. The third kappa shape index (κ3) is 4.36. The fraction of sp³-hybridized carbons (Fsp3) is 0.692. The van der Waals surface area contributed by atoms with E-state index in [2.05, 4.69) is 5.32 Å². The maximum atomic E-state index is 12.4. The number of urea groups is 1. The lowest BCUT2D eigenvalue weighted by Crippen LogP contribution is -2.43. The molecule has 0 aromatic rings. The van der Waals surface area contributed by atoms with Crippen LogP contribution in [0.15, 0.2) is 0 Å². The summed E-state index contributed by atoms with van der Waals surface area (Å²) in [5.74, 6) is -2.74. The molecule has 0 spiro atoms. The number of imide groups is 1. The molecule has 0 aliphatic carbocycles. The lowest BCUT2D eigenvalue weighted by atomic mass is 10.1. The van der Waals surface area contributed by atoms with Crippen LogP contribution in [0, 0.1) is 0 Å². The van der Waals surface area contributed by atoms with Crippen molar-refractivity contribution in [2.45, 2.75) is 31.5 Å². The van der Waals surface area contributed by atoms with Crippen LogP contribution in [-0.2, 0) is 14.4 Å². The van der Waals surface area contributed by atoms with Gasteiger partial charge in [-0.1, -0.05) is 0 Å². The summed E-state index contributed by atoms with van der Waals surface area (Å²) in [5.41, 5.74) is 0. The summed E-state index contributed by atoms with van der Waals surface area (Å²) in [6, 6.07) is -1.40. The fourth-order valence-electron chi connectivity index (χ4n) is 2.64. The van der Waals surface area contributed by atoms with Gasteiger partial charge < -0.3 is 15.1 Å². The Morgan fingerprint density at radius 3 is 2.29 bits per heavy atom. The second-order valence-corrected chi connectivity index (χ2v) is 5.58. The zero-order chi connectivity index (χ0) is 17.9. The molecule has 0 aromatic heterocycles. The largest absolute Gasteiger partial charge is 0.471 e. The van der Waals surface area contributed by atoms with Gasteiger partial charge in [0.1, 0.15) is 6.04 Å². The highest BCUT2D eigenvalue weighted by molar-refractivity contribution is 6.04. The van der Waals surface area contributed by atoms with Crippen LogP contribution < -0.4 is 10.6 Å². The Morgan fingerprint density at radius 1 is 1.08 bits per heavy atom. The molecule has 2 rings (SSSR count). The Labute approximate surface area is 135 Å². The quantitative estimate of drug-likeness (QED) is 0.677. The number of nitrogens with zero attached hydrogens (tertiary/aromatic N) is 2. The van der Waals surface area contributed by atoms with Crippen molar-refractivity contribution in [2.24, 2.45) is 0 Å². The number of hydrogen-bond donors (Lipinski definition) is 2. The molecule has 2 saturated heterocycles. The van der Waals surface area contributed by atoms with Crippen molar-refractivity contribution in [3.63, 3.8) is 0 Å². The average Bonchev–Trinajstić information content (AvgIpc) is 2.70. The molecule has 0 aromatic carbocycles. The van der Waals surface area contributed by atoms with Crippen molar-refractivity contribution >= 4 is 23.8 Å². The number of amides is 5. The van der Waals surface area contributed by atoms with Gasteiger partial charge in [0, 0.05) is 32.6 Å². The molecule has 2 heterocycles. The molecule has 2 aliphatic rings. The van der Waals surface area contributed by atoms with Crippen LogP contribution in [-0.4, -0.2) is 71.9 Å². The highest BCUT2D eigenvalue weighted by Gasteiger charge is 2.42. The van der Waals surface area contributed by atoms with Gasteiger partial charge in [0.2, 0.25) is 5.91 Å². The van der Waals surface area contributed by atoms with Crippen LogP contribution in [0.2, 0.25) is 0 Å². The molecule has 0 saturated carbocycles. The minimum atomic E-state index is -4.92. The normalized spacial score (nSPS) is 22.0. The van der Waals surface area contributed by atoms with E-state index >= 15 is 0 Å². The van der Waals surface area contributed by atoms with Gasteiger partial charge in [0.15, 0.2) is 0 Å². The van der Waals surface area contributed by atoms with Crippen LogP contribution in [0.3, 0.4) is 0 Å². The van der Waals surface area contributed by atoms with E-state index in [4.69, 9.17) is 0 Å². The average molecular weight is 350 g/mol. The maximum Gasteiger partial charge on any atom is 0.471 e. The number of nitrogens with one attached hydrogen (secondary N) is 2. The second kappa shape index (κ2) is 7.05. The minimum absolute atomic E-state index is 0.00384. The molecular formula is C13H17F3N4O4. The summed E-state index contributed by atoms with van der Waals surface area (Å²) < 4.78 is 37.3. The van der Waals surface area contributed by atoms with E-state index in [0.29, 0.717) is 4.90 Å². The number of alkyl halides is 3. The molecule has 24 heavy (non-hydrogen) atoms. The van der Waals surface area contributed by atoms with E-state index in [1.807, 2.05) is 5.32 Å². The van der Waals surface area contributed by atoms with Crippen molar-refractivity contribution in [1.82, 2.24) is 20.4 Å². The first-order valence-corrected chi connectivity index (χ1v) is 7.43. The van der Waals surface area contributed by atoms with Crippen LogP contribution in [0.1, 0.15) is 19.3 Å². The van der Waals surface area contributed by atoms with Gasteiger partial charge >= 0.3 is 18.1 Å². The molecule has 0 unspecified atom stereocenters. The molecule has 2 aliphatic heterocycles. The van der Waals surface area contributed by atoms with E-state index in [1.165, 1.54) is 4.90 Å². The highest BCUT2D eigenvalue weighted by Crippen LogP contribution is 2.19. The summed E-state index contributed by atoms with van der Waals surface area (Å²) >= 11 is 0. The molecule has 5 amide bonds. The standard InChI is InChI=1S/C13H17F3N4O4/c14-13(15,16)11(23)20-5-1-4-19(6-7-20)9(21)3-2-8-10(22)18-12(24)17-8/h8H,1-7H2,(H2,17,18,22,24)/t8-/m0/s1. The number of rotatable bonds is 3. The predicted molar refractivity (Wildman–Crippen MR) is 73.5 cm³/mol. The van der Waals surface area contributed by atoms with Crippen LogP contribution in [0.25, 0.3) is 0 Å². The van der Waals surface area contributed by atoms with Crippen LogP contribution in [0.4, 0.5) is 18.0 Å². The molecule has 2 N–H and O–H groups in total.